The summed E-state index contributed by atoms with van der Waals surface area (Å²) in [6, 6.07) is 11.0. The third-order valence-corrected chi connectivity index (χ3v) is 3.86. The molecule has 0 spiro atoms. The average Bonchev–Trinajstić information content (AvgIpc) is 3.14. The highest BCUT2D eigenvalue weighted by atomic mass is 16.7. The molecule has 3 rings (SSSR count). The number of carbonyl (C=O) groups excluding carboxylic acids is 2. The first-order valence-corrected chi connectivity index (χ1v) is 8.44. The van der Waals surface area contributed by atoms with Crippen molar-refractivity contribution in [3.05, 3.63) is 48.0 Å². The van der Waals surface area contributed by atoms with Gasteiger partial charge in [-0.25, -0.2) is 0 Å². The van der Waals surface area contributed by atoms with Crippen LogP contribution in [0.3, 0.4) is 0 Å². The molecule has 0 bridgehead atoms. The largest absolute Gasteiger partial charge is 0.508 e. The highest BCUT2D eigenvalue weighted by Crippen LogP contribution is 2.32. The van der Waals surface area contributed by atoms with Crippen molar-refractivity contribution < 1.29 is 28.9 Å². The summed E-state index contributed by atoms with van der Waals surface area (Å²) in [4.78, 5) is 24.2. The minimum Gasteiger partial charge on any atom is -0.508 e. The molecule has 8 heteroatoms. The lowest BCUT2D eigenvalue weighted by Crippen LogP contribution is -2.40. The molecule has 0 radical (unpaired) electrons. The molecule has 1 heterocycles. The van der Waals surface area contributed by atoms with E-state index in [0.29, 0.717) is 22.8 Å². The van der Waals surface area contributed by atoms with Gasteiger partial charge in [-0.3, -0.25) is 9.59 Å². The summed E-state index contributed by atoms with van der Waals surface area (Å²) < 4.78 is 15.9. The van der Waals surface area contributed by atoms with Crippen LogP contribution < -0.4 is 24.8 Å². The maximum Gasteiger partial charge on any atom is 0.260 e. The number of nitrogens with one attached hydrogen (secondary N) is 2. The quantitative estimate of drug-likeness (QED) is 0.635. The van der Waals surface area contributed by atoms with Gasteiger partial charge in [0.2, 0.25) is 6.79 Å². The van der Waals surface area contributed by atoms with Crippen LogP contribution in [0, 0.1) is 0 Å². The zero-order chi connectivity index (χ0) is 19.2. The predicted molar refractivity (Wildman–Crippen MR) is 96.1 cm³/mol. The molecule has 2 aromatic rings. The monoisotopic (exact) mass is 372 g/mol. The van der Waals surface area contributed by atoms with Gasteiger partial charge in [0.1, 0.15) is 11.5 Å². The normalized spacial score (nSPS) is 12.9. The molecular weight excluding hydrogens is 352 g/mol. The smallest absolute Gasteiger partial charge is 0.260 e. The van der Waals surface area contributed by atoms with Gasteiger partial charge in [0.05, 0.1) is 0 Å². The van der Waals surface area contributed by atoms with E-state index in [0.717, 1.165) is 0 Å². The Morgan fingerprint density at radius 1 is 1.07 bits per heavy atom. The SMILES string of the molecule is CC(Oc1ccc(O)cc1)C(=O)NCCNC(=O)c1ccc2c(c1)OCO2. The molecule has 0 aliphatic carbocycles. The Morgan fingerprint density at radius 2 is 1.78 bits per heavy atom. The van der Waals surface area contributed by atoms with Gasteiger partial charge in [0.25, 0.3) is 11.8 Å². The number of carbonyl (C=O) groups is 2. The second kappa shape index (κ2) is 8.31. The van der Waals surface area contributed by atoms with Gasteiger partial charge >= 0.3 is 0 Å². The second-order valence-electron chi connectivity index (χ2n) is 5.87. The lowest BCUT2D eigenvalue weighted by molar-refractivity contribution is -0.127. The number of rotatable bonds is 7. The Labute approximate surface area is 156 Å². The van der Waals surface area contributed by atoms with E-state index in [1.807, 2.05) is 0 Å². The van der Waals surface area contributed by atoms with Crippen molar-refractivity contribution in [2.45, 2.75) is 13.0 Å². The number of benzene rings is 2. The van der Waals surface area contributed by atoms with Crippen LogP contribution in [-0.2, 0) is 4.79 Å². The summed E-state index contributed by atoms with van der Waals surface area (Å²) in [7, 11) is 0. The van der Waals surface area contributed by atoms with E-state index in [2.05, 4.69) is 10.6 Å². The predicted octanol–water partition coefficient (Wildman–Crippen LogP) is 1.43. The molecule has 0 saturated heterocycles. The van der Waals surface area contributed by atoms with Crippen molar-refractivity contribution in [1.29, 1.82) is 0 Å². The number of aromatic hydroxyl groups is 1. The van der Waals surface area contributed by atoms with E-state index < -0.39 is 6.10 Å². The van der Waals surface area contributed by atoms with Gasteiger partial charge in [-0.2, -0.15) is 0 Å². The molecule has 1 aliphatic rings. The van der Waals surface area contributed by atoms with E-state index >= 15 is 0 Å². The molecule has 1 aliphatic heterocycles. The summed E-state index contributed by atoms with van der Waals surface area (Å²) in [6.07, 6.45) is -0.709. The average molecular weight is 372 g/mol. The van der Waals surface area contributed by atoms with Crippen molar-refractivity contribution in [1.82, 2.24) is 10.6 Å². The molecule has 142 valence electrons. The number of hydrogen-bond donors (Lipinski definition) is 3. The fourth-order valence-corrected chi connectivity index (χ4v) is 2.43. The number of fused-ring (bicyclic) bond motifs is 1. The number of phenolic OH excluding ortho intramolecular Hbond substituents is 1. The molecule has 1 atom stereocenters. The van der Waals surface area contributed by atoms with Gasteiger partial charge in [0.15, 0.2) is 17.6 Å². The maximum absolute atomic E-state index is 12.1. The first-order chi connectivity index (χ1) is 13.0. The van der Waals surface area contributed by atoms with Crippen LogP contribution in [0.2, 0.25) is 0 Å². The fraction of sp³-hybridized carbons (Fsp3) is 0.263. The van der Waals surface area contributed by atoms with Crippen LogP contribution in [0.1, 0.15) is 17.3 Å². The third kappa shape index (κ3) is 4.81. The Bertz CT molecular complexity index is 821. The van der Waals surface area contributed by atoms with E-state index in [1.54, 1.807) is 37.3 Å². The number of amides is 2. The fourth-order valence-electron chi connectivity index (χ4n) is 2.43. The Morgan fingerprint density at radius 3 is 2.56 bits per heavy atom. The highest BCUT2D eigenvalue weighted by molar-refractivity contribution is 5.95. The molecule has 0 fully saturated rings. The molecule has 2 aromatic carbocycles. The van der Waals surface area contributed by atoms with Crippen molar-refractivity contribution in [3.8, 4) is 23.0 Å². The third-order valence-electron chi connectivity index (χ3n) is 3.86. The van der Waals surface area contributed by atoms with E-state index in [4.69, 9.17) is 14.2 Å². The molecule has 8 nitrogen and oxygen atoms in total. The molecule has 3 N–H and O–H groups in total. The number of ether oxygens (including phenoxy) is 3. The van der Waals surface area contributed by atoms with E-state index in [9.17, 15) is 14.7 Å². The maximum atomic E-state index is 12.1. The van der Waals surface area contributed by atoms with Gasteiger partial charge in [-0.1, -0.05) is 0 Å². The minimum absolute atomic E-state index is 0.123. The minimum atomic E-state index is -0.709. The van der Waals surface area contributed by atoms with Crippen molar-refractivity contribution >= 4 is 11.8 Å². The summed E-state index contributed by atoms with van der Waals surface area (Å²) in [5.74, 6) is 1.18. The number of hydrogen-bond acceptors (Lipinski definition) is 6. The first-order valence-electron chi connectivity index (χ1n) is 8.44. The summed E-state index contributed by atoms with van der Waals surface area (Å²) >= 11 is 0. The molecule has 1 unspecified atom stereocenters. The molecule has 0 saturated carbocycles. The van der Waals surface area contributed by atoms with Gasteiger partial charge in [-0.15, -0.1) is 0 Å². The van der Waals surface area contributed by atoms with Crippen LogP contribution in [-0.4, -0.2) is 42.9 Å². The first kappa shape index (κ1) is 18.4. The Kier molecular flexibility index (Phi) is 5.65. The van der Waals surface area contributed by atoms with Gasteiger partial charge in [-0.05, 0) is 49.4 Å². The van der Waals surface area contributed by atoms with Crippen LogP contribution in [0.25, 0.3) is 0 Å². The topological polar surface area (TPSA) is 106 Å². The van der Waals surface area contributed by atoms with Crippen LogP contribution in [0.15, 0.2) is 42.5 Å². The lowest BCUT2D eigenvalue weighted by atomic mass is 10.2. The second-order valence-corrected chi connectivity index (χ2v) is 5.87. The van der Waals surface area contributed by atoms with Crippen molar-refractivity contribution in [2.24, 2.45) is 0 Å². The van der Waals surface area contributed by atoms with Crippen molar-refractivity contribution in [3.63, 3.8) is 0 Å². The van der Waals surface area contributed by atoms with E-state index in [1.165, 1.54) is 12.1 Å². The van der Waals surface area contributed by atoms with Gasteiger partial charge in [0, 0.05) is 18.7 Å². The number of phenols is 1. The Balaban J connectivity index is 1.39. The molecule has 0 aromatic heterocycles. The summed E-state index contributed by atoms with van der Waals surface area (Å²) in [6.45, 7) is 2.30. The molecule has 2 amide bonds. The summed E-state index contributed by atoms with van der Waals surface area (Å²) in [5, 5.41) is 14.6. The standard InChI is InChI=1S/C19H20N2O6/c1-12(27-15-5-3-14(22)4-6-15)18(23)20-8-9-21-19(24)13-2-7-16-17(10-13)26-11-25-16/h2-7,10,12,22H,8-9,11H2,1H3,(H,20,23)(H,21,24). The van der Waals surface area contributed by atoms with Crippen molar-refractivity contribution in [2.75, 3.05) is 19.9 Å². The zero-order valence-electron chi connectivity index (χ0n) is 14.7. The van der Waals surface area contributed by atoms with Crippen LogP contribution >= 0.6 is 0 Å². The van der Waals surface area contributed by atoms with Crippen LogP contribution in [0.4, 0.5) is 0 Å². The van der Waals surface area contributed by atoms with E-state index in [-0.39, 0.29) is 37.4 Å². The Hall–Kier alpha value is -3.42. The summed E-state index contributed by atoms with van der Waals surface area (Å²) in [5.41, 5.74) is 0.453. The molecular formula is C19H20N2O6. The zero-order valence-corrected chi connectivity index (χ0v) is 14.7. The highest BCUT2D eigenvalue weighted by Gasteiger charge is 2.17. The lowest BCUT2D eigenvalue weighted by Gasteiger charge is -2.15. The van der Waals surface area contributed by atoms with Gasteiger partial charge < -0.3 is 30.0 Å². The van der Waals surface area contributed by atoms with Crippen LogP contribution in [0.5, 0.6) is 23.0 Å². The molecule has 27 heavy (non-hydrogen) atoms.